The average molecular weight is 585 g/mol. The Morgan fingerprint density at radius 1 is 1.12 bits per heavy atom. The summed E-state index contributed by atoms with van der Waals surface area (Å²) >= 11 is 0. The van der Waals surface area contributed by atoms with Crippen LogP contribution in [-0.4, -0.2) is 64.1 Å². The highest BCUT2D eigenvalue weighted by Gasteiger charge is 2.24. The summed E-state index contributed by atoms with van der Waals surface area (Å²) in [5, 5.41) is 0. The summed E-state index contributed by atoms with van der Waals surface area (Å²) in [6.45, 7) is 5.18. The number of imidazole rings is 1. The predicted molar refractivity (Wildman–Crippen MR) is 158 cm³/mol. The van der Waals surface area contributed by atoms with Gasteiger partial charge in [0, 0.05) is 25.8 Å². The molecule has 222 valence electrons. The van der Waals surface area contributed by atoms with E-state index in [0.717, 1.165) is 60.7 Å². The van der Waals surface area contributed by atoms with E-state index in [1.165, 1.54) is 26.2 Å². The third-order valence-corrected chi connectivity index (χ3v) is 7.94. The van der Waals surface area contributed by atoms with E-state index in [1.54, 1.807) is 18.2 Å². The molecule has 1 fully saturated rings. The van der Waals surface area contributed by atoms with Gasteiger partial charge in [0.1, 0.15) is 18.2 Å². The van der Waals surface area contributed by atoms with Crippen molar-refractivity contribution in [3.05, 3.63) is 94.7 Å². The second-order valence-electron chi connectivity index (χ2n) is 10.8. The summed E-state index contributed by atoms with van der Waals surface area (Å²) < 4.78 is 32.8. The number of carbonyl (C=O) groups is 2. The fraction of sp³-hybridized carbons (Fsp3) is 0.333. The highest BCUT2D eigenvalue weighted by atomic mass is 19.1. The zero-order valence-corrected chi connectivity index (χ0v) is 24.2. The summed E-state index contributed by atoms with van der Waals surface area (Å²) in [5.74, 6) is 0.158. The largest absolute Gasteiger partial charge is 0.473 e. The minimum atomic E-state index is -0.551. The number of halogens is 1. The van der Waals surface area contributed by atoms with Gasteiger partial charge in [0.25, 0.3) is 0 Å². The van der Waals surface area contributed by atoms with E-state index in [1.807, 2.05) is 24.3 Å². The lowest BCUT2D eigenvalue weighted by atomic mass is 10.0. The van der Waals surface area contributed by atoms with Crippen LogP contribution in [0.5, 0.6) is 5.88 Å². The Kier molecular flexibility index (Phi) is 8.31. The van der Waals surface area contributed by atoms with Crippen LogP contribution in [0.25, 0.3) is 16.6 Å². The lowest BCUT2D eigenvalue weighted by molar-refractivity contribution is -0.0591. The topological polar surface area (TPSA) is 95.8 Å². The van der Waals surface area contributed by atoms with E-state index in [4.69, 9.17) is 19.2 Å². The smallest absolute Gasteiger partial charge is 0.337 e. The number of ether oxygens (including phenoxy) is 3. The summed E-state index contributed by atoms with van der Waals surface area (Å²) in [5.41, 5.74) is 4.92. The van der Waals surface area contributed by atoms with E-state index < -0.39 is 5.82 Å². The van der Waals surface area contributed by atoms with Crippen molar-refractivity contribution in [2.45, 2.75) is 45.6 Å². The Morgan fingerprint density at radius 3 is 2.67 bits per heavy atom. The first kappa shape index (κ1) is 28.7. The first-order valence-electron chi connectivity index (χ1n) is 14.4. The number of pyridine rings is 1. The fourth-order valence-electron chi connectivity index (χ4n) is 5.43. The average Bonchev–Trinajstić information content (AvgIpc) is 3.33. The van der Waals surface area contributed by atoms with Crippen LogP contribution in [0.4, 0.5) is 4.39 Å². The second-order valence-corrected chi connectivity index (χ2v) is 10.8. The molecule has 6 rings (SSSR count). The molecular formula is C33H33FN4O5. The molecule has 2 aromatic heterocycles. The molecule has 2 aromatic carbocycles. The molecule has 0 N–H and O–H groups in total. The molecule has 0 spiro atoms. The third-order valence-electron chi connectivity index (χ3n) is 7.94. The second kappa shape index (κ2) is 12.4. The zero-order chi connectivity index (χ0) is 29.9. The number of rotatable bonds is 10. The van der Waals surface area contributed by atoms with Crippen LogP contribution in [0.1, 0.15) is 57.6 Å². The van der Waals surface area contributed by atoms with Gasteiger partial charge in [-0.3, -0.25) is 9.69 Å². The van der Waals surface area contributed by atoms with Crippen molar-refractivity contribution >= 4 is 28.4 Å². The molecule has 0 radical (unpaired) electrons. The molecule has 4 heterocycles. The van der Waals surface area contributed by atoms with Crippen molar-refractivity contribution in [3.63, 3.8) is 0 Å². The maximum atomic E-state index is 14.2. The van der Waals surface area contributed by atoms with Crippen molar-refractivity contribution in [1.29, 1.82) is 0 Å². The van der Waals surface area contributed by atoms with Crippen LogP contribution < -0.4 is 4.74 Å². The molecule has 43 heavy (non-hydrogen) atoms. The molecule has 2 aliphatic rings. The Labute approximate surface area is 248 Å². The van der Waals surface area contributed by atoms with Gasteiger partial charge in [0.2, 0.25) is 5.88 Å². The summed E-state index contributed by atoms with van der Waals surface area (Å²) in [7, 11) is 1.38. The van der Waals surface area contributed by atoms with Crippen LogP contribution in [0, 0.1) is 5.82 Å². The Morgan fingerprint density at radius 2 is 1.98 bits per heavy atom. The SMILES string of the molecule is COC(=O)c1ccc2nc(CN3CC=C(c4cccc(OCc5ccc(C(C)=O)c(F)c5)n4)CC3)n(CC3CCO3)c2c1. The van der Waals surface area contributed by atoms with Gasteiger partial charge < -0.3 is 18.8 Å². The molecule has 2 aliphatic heterocycles. The highest BCUT2D eigenvalue weighted by Crippen LogP contribution is 2.27. The summed E-state index contributed by atoms with van der Waals surface area (Å²) in [6, 6.07) is 15.6. The number of carbonyl (C=O) groups excluding carboxylic acids is 2. The first-order valence-corrected chi connectivity index (χ1v) is 14.4. The van der Waals surface area contributed by atoms with Crippen LogP contribution in [0.15, 0.2) is 60.7 Å². The molecule has 0 saturated carbocycles. The zero-order valence-electron chi connectivity index (χ0n) is 24.2. The van der Waals surface area contributed by atoms with Gasteiger partial charge >= 0.3 is 5.97 Å². The molecule has 10 heteroatoms. The minimum Gasteiger partial charge on any atom is -0.473 e. The number of hydrogen-bond acceptors (Lipinski definition) is 8. The fourth-order valence-corrected chi connectivity index (χ4v) is 5.43. The number of aromatic nitrogens is 3. The van der Waals surface area contributed by atoms with Gasteiger partial charge in [0.05, 0.1) is 54.2 Å². The van der Waals surface area contributed by atoms with Gasteiger partial charge in [-0.05, 0) is 67.3 Å². The van der Waals surface area contributed by atoms with E-state index >= 15 is 0 Å². The molecular weight excluding hydrogens is 551 g/mol. The molecule has 0 bridgehead atoms. The van der Waals surface area contributed by atoms with E-state index in [-0.39, 0.29) is 30.0 Å². The monoisotopic (exact) mass is 584 g/mol. The molecule has 1 atom stereocenters. The molecule has 1 unspecified atom stereocenters. The molecule has 0 amide bonds. The number of esters is 1. The van der Waals surface area contributed by atoms with Gasteiger partial charge in [-0.15, -0.1) is 0 Å². The number of methoxy groups -OCH3 is 1. The van der Waals surface area contributed by atoms with Crippen LogP contribution in [0.2, 0.25) is 0 Å². The number of Topliss-reactive ketones (excluding diaryl/α,β-unsaturated/α-hetero) is 1. The number of nitrogens with zero attached hydrogens (tertiary/aromatic N) is 4. The molecule has 1 saturated heterocycles. The number of hydrogen-bond donors (Lipinski definition) is 0. The summed E-state index contributed by atoms with van der Waals surface area (Å²) in [6.07, 6.45) is 4.14. The predicted octanol–water partition coefficient (Wildman–Crippen LogP) is 5.22. The van der Waals surface area contributed by atoms with E-state index in [9.17, 15) is 14.0 Å². The summed E-state index contributed by atoms with van der Waals surface area (Å²) in [4.78, 5) is 35.6. The number of benzene rings is 2. The van der Waals surface area contributed by atoms with Crippen LogP contribution >= 0.6 is 0 Å². The van der Waals surface area contributed by atoms with Gasteiger partial charge in [-0.25, -0.2) is 19.2 Å². The molecule has 4 aromatic rings. The standard InChI is InChI=1S/C33H33FN4O5/c1-21(39)26-8-6-22(16-27(26)34)20-43-32-5-3-4-28(36-32)23-10-13-37(14-11-23)19-31-35-29-9-7-24(33(40)41-2)17-30(29)38(31)18-25-12-15-42-25/h3-10,16-17,25H,11-15,18-20H2,1-2H3. The van der Waals surface area contributed by atoms with Crippen molar-refractivity contribution in [2.24, 2.45) is 0 Å². The Hall–Kier alpha value is -4.41. The Bertz CT molecular complexity index is 1710. The van der Waals surface area contributed by atoms with Gasteiger partial charge in [-0.2, -0.15) is 0 Å². The maximum absolute atomic E-state index is 14.2. The van der Waals surface area contributed by atoms with Crippen molar-refractivity contribution < 1.29 is 28.2 Å². The van der Waals surface area contributed by atoms with E-state index in [2.05, 4.69) is 20.5 Å². The molecule has 0 aliphatic carbocycles. The van der Waals surface area contributed by atoms with Crippen molar-refractivity contribution in [2.75, 3.05) is 26.8 Å². The number of fused-ring (bicyclic) bond motifs is 1. The number of ketones is 1. The van der Waals surface area contributed by atoms with Crippen LogP contribution in [-0.2, 0) is 29.2 Å². The maximum Gasteiger partial charge on any atom is 0.337 e. The molecule has 9 nitrogen and oxygen atoms in total. The van der Waals surface area contributed by atoms with Crippen molar-refractivity contribution in [3.8, 4) is 5.88 Å². The quantitative estimate of drug-likeness (QED) is 0.185. The first-order chi connectivity index (χ1) is 20.9. The lowest BCUT2D eigenvalue weighted by Crippen LogP contribution is -2.33. The lowest BCUT2D eigenvalue weighted by Gasteiger charge is -2.29. The van der Waals surface area contributed by atoms with Crippen LogP contribution in [0.3, 0.4) is 0 Å². The van der Waals surface area contributed by atoms with Crippen molar-refractivity contribution in [1.82, 2.24) is 19.4 Å². The van der Waals surface area contributed by atoms with E-state index in [0.29, 0.717) is 30.1 Å². The Balaban J connectivity index is 1.13. The van der Waals surface area contributed by atoms with Gasteiger partial charge in [-0.1, -0.05) is 18.2 Å². The highest BCUT2D eigenvalue weighted by molar-refractivity contribution is 5.94. The minimum absolute atomic E-state index is 0.0690. The van der Waals surface area contributed by atoms with Gasteiger partial charge in [0.15, 0.2) is 5.78 Å². The third kappa shape index (κ3) is 6.35. The normalized spacial score (nSPS) is 16.9.